The van der Waals surface area contributed by atoms with E-state index in [0.717, 1.165) is 17.7 Å². The first kappa shape index (κ1) is 12.4. The quantitative estimate of drug-likeness (QED) is 0.603. The fourth-order valence-electron chi connectivity index (χ4n) is 1.64. The van der Waals surface area contributed by atoms with Crippen LogP contribution in [0.3, 0.4) is 0 Å². The molecule has 1 aliphatic rings. The van der Waals surface area contributed by atoms with Gasteiger partial charge in [0.05, 0.1) is 5.76 Å². The van der Waals surface area contributed by atoms with Crippen LogP contribution in [-0.2, 0) is 14.3 Å². The van der Waals surface area contributed by atoms with Crippen LogP contribution in [0, 0.1) is 6.92 Å². The van der Waals surface area contributed by atoms with Crippen LogP contribution in [0.5, 0.6) is 0 Å². The molecule has 1 aliphatic heterocycles. The van der Waals surface area contributed by atoms with Gasteiger partial charge in [0.2, 0.25) is 0 Å². The summed E-state index contributed by atoms with van der Waals surface area (Å²) in [6.45, 7) is 5.95. The summed E-state index contributed by atoms with van der Waals surface area (Å²) in [6.07, 6.45) is 3.92. The minimum Gasteiger partial charge on any atom is -0.491 e. The number of hydrogen-bond donors (Lipinski definition) is 0. The van der Waals surface area contributed by atoms with E-state index in [1.54, 1.807) is 6.08 Å². The van der Waals surface area contributed by atoms with E-state index < -0.39 is 0 Å². The molecule has 1 aromatic rings. The Kier molecular flexibility index (Phi) is 3.82. The van der Waals surface area contributed by atoms with E-state index in [2.05, 4.69) is 6.58 Å². The van der Waals surface area contributed by atoms with Crippen molar-refractivity contribution < 1.29 is 14.3 Å². The number of carbonyl (C=O) groups excluding carboxylic acids is 1. The van der Waals surface area contributed by atoms with Gasteiger partial charge in [0.1, 0.15) is 12.7 Å². The van der Waals surface area contributed by atoms with Gasteiger partial charge in [0.25, 0.3) is 0 Å². The fraction of sp³-hybridized carbons (Fsp3) is 0.267. The molecule has 1 saturated heterocycles. The lowest BCUT2D eigenvalue weighted by molar-refractivity contribution is -0.143. The first-order valence-corrected chi connectivity index (χ1v) is 5.89. The lowest BCUT2D eigenvalue weighted by Crippen LogP contribution is -2.30. The lowest BCUT2D eigenvalue weighted by Gasteiger charge is -2.29. The summed E-state index contributed by atoms with van der Waals surface area (Å²) in [6, 6.07) is 7.91. The molecule has 0 bridgehead atoms. The topological polar surface area (TPSA) is 35.5 Å². The molecule has 0 aromatic heterocycles. The monoisotopic (exact) mass is 244 g/mol. The summed E-state index contributed by atoms with van der Waals surface area (Å²) in [5.41, 5.74) is 2.17. The van der Waals surface area contributed by atoms with E-state index in [-0.39, 0.29) is 18.7 Å². The summed E-state index contributed by atoms with van der Waals surface area (Å²) in [5.74, 6) is 0.405. The fourth-order valence-corrected chi connectivity index (χ4v) is 1.64. The van der Waals surface area contributed by atoms with E-state index in [1.165, 1.54) is 11.6 Å². The molecule has 0 saturated carbocycles. The maximum absolute atomic E-state index is 11.4. The molecule has 3 nitrogen and oxygen atoms in total. The summed E-state index contributed by atoms with van der Waals surface area (Å²) < 4.78 is 10.2. The number of benzene rings is 1. The zero-order valence-electron chi connectivity index (χ0n) is 10.4. The van der Waals surface area contributed by atoms with Crippen LogP contribution in [0.1, 0.15) is 17.5 Å². The zero-order valence-corrected chi connectivity index (χ0v) is 10.4. The molecule has 18 heavy (non-hydrogen) atoms. The number of aryl methyl sites for hydroxylation is 1. The maximum Gasteiger partial charge on any atom is 0.330 e. The molecule has 1 atom stereocenters. The van der Waals surface area contributed by atoms with Crippen LogP contribution < -0.4 is 0 Å². The normalized spacial score (nSPS) is 18.3. The van der Waals surface area contributed by atoms with E-state index >= 15 is 0 Å². The van der Waals surface area contributed by atoms with Crippen LogP contribution in [-0.4, -0.2) is 18.7 Å². The van der Waals surface area contributed by atoms with Gasteiger partial charge < -0.3 is 9.47 Å². The van der Waals surface area contributed by atoms with Crippen molar-refractivity contribution >= 4 is 12.0 Å². The van der Waals surface area contributed by atoms with Crippen molar-refractivity contribution in [2.24, 2.45) is 0 Å². The Hall–Kier alpha value is -2.03. The molecule has 0 aliphatic carbocycles. The molecule has 0 amide bonds. The van der Waals surface area contributed by atoms with Gasteiger partial charge in [-0.05, 0) is 18.6 Å². The Morgan fingerprint density at radius 2 is 2.17 bits per heavy atom. The highest BCUT2D eigenvalue weighted by atomic mass is 16.6. The molecule has 0 N–H and O–H groups in total. The smallest absolute Gasteiger partial charge is 0.330 e. The van der Waals surface area contributed by atoms with E-state index in [1.807, 2.05) is 31.2 Å². The Balaban J connectivity index is 1.76. The van der Waals surface area contributed by atoms with Gasteiger partial charge >= 0.3 is 5.97 Å². The van der Waals surface area contributed by atoms with E-state index in [9.17, 15) is 4.79 Å². The number of rotatable bonds is 4. The third-order valence-electron chi connectivity index (χ3n) is 2.69. The second-order valence-corrected chi connectivity index (χ2v) is 4.36. The number of ether oxygens (including phenoxy) is 2. The maximum atomic E-state index is 11.4. The van der Waals surface area contributed by atoms with Crippen LogP contribution in [0.15, 0.2) is 42.7 Å². The van der Waals surface area contributed by atoms with Crippen molar-refractivity contribution in [2.45, 2.75) is 19.4 Å². The Labute approximate surface area is 107 Å². The van der Waals surface area contributed by atoms with Gasteiger partial charge in [-0.15, -0.1) is 0 Å². The molecular weight excluding hydrogens is 228 g/mol. The molecule has 94 valence electrons. The van der Waals surface area contributed by atoms with Gasteiger partial charge in [0, 0.05) is 12.5 Å². The Morgan fingerprint density at radius 3 is 2.78 bits per heavy atom. The van der Waals surface area contributed by atoms with Crippen molar-refractivity contribution in [3.8, 4) is 0 Å². The summed E-state index contributed by atoms with van der Waals surface area (Å²) >= 11 is 0. The first-order chi connectivity index (χ1) is 8.63. The second-order valence-electron chi connectivity index (χ2n) is 4.36. The third-order valence-corrected chi connectivity index (χ3v) is 2.69. The standard InChI is InChI=1S/C15H16O3/c1-11-3-5-13(6-4-11)7-8-15(16)17-10-14-9-12(2)18-14/h3-8,14H,2,9-10H2,1H3. The lowest BCUT2D eigenvalue weighted by atomic mass is 10.1. The Bertz CT molecular complexity index is 463. The summed E-state index contributed by atoms with van der Waals surface area (Å²) in [5, 5.41) is 0. The largest absolute Gasteiger partial charge is 0.491 e. The van der Waals surface area contributed by atoms with Crippen molar-refractivity contribution in [3.63, 3.8) is 0 Å². The number of carbonyl (C=O) groups is 1. The highest BCUT2D eigenvalue weighted by Crippen LogP contribution is 2.22. The van der Waals surface area contributed by atoms with Crippen LogP contribution in [0.25, 0.3) is 6.08 Å². The van der Waals surface area contributed by atoms with E-state index in [4.69, 9.17) is 9.47 Å². The van der Waals surface area contributed by atoms with Gasteiger partial charge in [-0.2, -0.15) is 0 Å². The van der Waals surface area contributed by atoms with E-state index in [0.29, 0.717) is 0 Å². The summed E-state index contributed by atoms with van der Waals surface area (Å²) in [4.78, 5) is 11.4. The number of hydrogen-bond acceptors (Lipinski definition) is 3. The molecule has 1 heterocycles. The van der Waals surface area contributed by atoms with Crippen LogP contribution in [0.4, 0.5) is 0 Å². The minimum absolute atomic E-state index is 0.0192. The predicted octanol–water partition coefficient (Wildman–Crippen LogP) is 2.85. The van der Waals surface area contributed by atoms with Crippen LogP contribution >= 0.6 is 0 Å². The van der Waals surface area contributed by atoms with Gasteiger partial charge in [0.15, 0.2) is 0 Å². The van der Waals surface area contributed by atoms with Crippen molar-refractivity contribution in [2.75, 3.05) is 6.61 Å². The average Bonchev–Trinajstić information content (AvgIpc) is 2.32. The average molecular weight is 244 g/mol. The van der Waals surface area contributed by atoms with Gasteiger partial charge in [-0.1, -0.05) is 36.4 Å². The first-order valence-electron chi connectivity index (χ1n) is 5.89. The number of esters is 1. The van der Waals surface area contributed by atoms with Crippen molar-refractivity contribution in [1.29, 1.82) is 0 Å². The molecule has 2 rings (SSSR count). The molecule has 3 heteroatoms. The van der Waals surface area contributed by atoms with Crippen molar-refractivity contribution in [3.05, 3.63) is 53.8 Å². The SMILES string of the molecule is C=C1CC(COC(=O)C=Cc2ccc(C)cc2)O1. The molecular formula is C15H16O3. The minimum atomic E-state index is -0.350. The molecule has 1 fully saturated rings. The summed E-state index contributed by atoms with van der Waals surface area (Å²) in [7, 11) is 0. The molecule has 0 spiro atoms. The van der Waals surface area contributed by atoms with Gasteiger partial charge in [-0.3, -0.25) is 0 Å². The Morgan fingerprint density at radius 1 is 1.50 bits per heavy atom. The highest BCUT2D eigenvalue weighted by molar-refractivity contribution is 5.87. The zero-order chi connectivity index (χ0) is 13.0. The molecule has 0 radical (unpaired) electrons. The van der Waals surface area contributed by atoms with Crippen LogP contribution in [0.2, 0.25) is 0 Å². The molecule has 1 aromatic carbocycles. The van der Waals surface area contributed by atoms with Crippen molar-refractivity contribution in [1.82, 2.24) is 0 Å². The molecule has 1 unspecified atom stereocenters. The third kappa shape index (κ3) is 3.48. The second kappa shape index (κ2) is 5.54. The highest BCUT2D eigenvalue weighted by Gasteiger charge is 2.23. The van der Waals surface area contributed by atoms with Gasteiger partial charge in [-0.25, -0.2) is 4.79 Å². The predicted molar refractivity (Wildman–Crippen MR) is 69.8 cm³/mol.